The molecule has 3 atom stereocenters. The number of carbonyl (C=O) groups excluding carboxylic acids is 1. The van der Waals surface area contributed by atoms with E-state index in [-0.39, 0.29) is 12.0 Å². The minimum Gasteiger partial charge on any atom is -0.369 e. The molecule has 2 saturated heterocycles. The van der Waals surface area contributed by atoms with E-state index in [1.807, 2.05) is 6.92 Å². The van der Waals surface area contributed by atoms with Gasteiger partial charge in [-0.2, -0.15) is 0 Å². The molecule has 4 heteroatoms. The van der Waals surface area contributed by atoms with Crippen molar-refractivity contribution in [3.63, 3.8) is 0 Å². The number of likely N-dealkylation sites (tertiary alicyclic amines) is 2. The van der Waals surface area contributed by atoms with Crippen molar-refractivity contribution < 1.29 is 9.53 Å². The Balaban J connectivity index is 1.90. The molecule has 0 bridgehead atoms. The lowest BCUT2D eigenvalue weighted by Gasteiger charge is -2.34. The topological polar surface area (TPSA) is 32.8 Å². The van der Waals surface area contributed by atoms with E-state index in [1.165, 1.54) is 19.4 Å². The molecule has 1 amide bonds. The van der Waals surface area contributed by atoms with Crippen molar-refractivity contribution in [1.82, 2.24) is 9.80 Å². The largest absolute Gasteiger partial charge is 0.369 e. The summed E-state index contributed by atoms with van der Waals surface area (Å²) in [5, 5.41) is 0. The van der Waals surface area contributed by atoms with Crippen LogP contribution < -0.4 is 0 Å². The van der Waals surface area contributed by atoms with Gasteiger partial charge in [0.1, 0.15) is 6.10 Å². The van der Waals surface area contributed by atoms with Crippen LogP contribution in [0.15, 0.2) is 0 Å². The van der Waals surface area contributed by atoms with Crippen molar-refractivity contribution >= 4 is 5.91 Å². The van der Waals surface area contributed by atoms with E-state index in [9.17, 15) is 4.79 Å². The number of nitrogens with zero attached hydrogens (tertiary/aromatic N) is 2. The van der Waals surface area contributed by atoms with Crippen LogP contribution in [0.5, 0.6) is 0 Å². The highest BCUT2D eigenvalue weighted by molar-refractivity contribution is 5.81. The predicted octanol–water partition coefficient (Wildman–Crippen LogP) is 2.28. The van der Waals surface area contributed by atoms with Crippen LogP contribution in [0.25, 0.3) is 0 Å². The molecule has 2 heterocycles. The second-order valence-electron chi connectivity index (χ2n) is 6.30. The molecule has 0 aromatic carbocycles. The first kappa shape index (κ1) is 15.8. The Morgan fingerprint density at radius 2 is 1.95 bits per heavy atom. The summed E-state index contributed by atoms with van der Waals surface area (Å²) in [6.45, 7) is 6.83. The summed E-state index contributed by atoms with van der Waals surface area (Å²) in [5.74, 6) is 0.198. The quantitative estimate of drug-likeness (QED) is 0.701. The molecule has 0 aromatic heterocycles. The predicted molar refractivity (Wildman–Crippen MR) is 80.7 cm³/mol. The van der Waals surface area contributed by atoms with Crippen LogP contribution in [0.3, 0.4) is 0 Å². The molecule has 2 aliphatic heterocycles. The molecule has 0 aliphatic carbocycles. The molecule has 0 N–H and O–H groups in total. The number of rotatable bonds is 6. The summed E-state index contributed by atoms with van der Waals surface area (Å²) >= 11 is 0. The standard InChI is InChI=1S/C16H30N2O2/c1-4-5-12-20-13(2)16(19)18-11-7-9-15(18)14-8-6-10-17(14)3/h13-15H,4-12H2,1-3H3. The highest BCUT2D eigenvalue weighted by atomic mass is 16.5. The van der Waals surface area contributed by atoms with Gasteiger partial charge in [-0.15, -0.1) is 0 Å². The van der Waals surface area contributed by atoms with Gasteiger partial charge in [0.2, 0.25) is 0 Å². The maximum Gasteiger partial charge on any atom is 0.251 e. The van der Waals surface area contributed by atoms with Crippen molar-refractivity contribution in [2.24, 2.45) is 0 Å². The van der Waals surface area contributed by atoms with Gasteiger partial charge in [-0.1, -0.05) is 13.3 Å². The second-order valence-corrected chi connectivity index (χ2v) is 6.30. The van der Waals surface area contributed by atoms with E-state index in [0.29, 0.717) is 18.7 Å². The van der Waals surface area contributed by atoms with Gasteiger partial charge in [-0.25, -0.2) is 0 Å². The molecule has 4 nitrogen and oxygen atoms in total. The van der Waals surface area contributed by atoms with E-state index in [2.05, 4.69) is 23.8 Å². The summed E-state index contributed by atoms with van der Waals surface area (Å²) in [5.41, 5.74) is 0. The molecule has 0 radical (unpaired) electrons. The Bertz CT molecular complexity index is 322. The first-order valence-electron chi connectivity index (χ1n) is 8.27. The SMILES string of the molecule is CCCCOC(C)C(=O)N1CCCC1C1CCCN1C. The van der Waals surface area contributed by atoms with Crippen LogP contribution in [-0.4, -0.2) is 60.6 Å². The van der Waals surface area contributed by atoms with Crippen LogP contribution in [0.2, 0.25) is 0 Å². The van der Waals surface area contributed by atoms with Crippen LogP contribution in [0, 0.1) is 0 Å². The van der Waals surface area contributed by atoms with E-state index >= 15 is 0 Å². The molecule has 2 rings (SSSR count). The summed E-state index contributed by atoms with van der Waals surface area (Å²) in [6, 6.07) is 0.969. The average Bonchev–Trinajstić information content (AvgIpc) is 3.06. The number of unbranched alkanes of at least 4 members (excludes halogenated alkanes) is 1. The smallest absolute Gasteiger partial charge is 0.251 e. The maximum atomic E-state index is 12.6. The van der Waals surface area contributed by atoms with Gasteiger partial charge >= 0.3 is 0 Å². The zero-order chi connectivity index (χ0) is 14.5. The van der Waals surface area contributed by atoms with Crippen molar-refractivity contribution in [3.05, 3.63) is 0 Å². The first-order chi connectivity index (χ1) is 9.65. The summed E-state index contributed by atoms with van der Waals surface area (Å²) in [7, 11) is 2.19. The minimum absolute atomic E-state index is 0.198. The number of ether oxygens (including phenoxy) is 1. The first-order valence-corrected chi connectivity index (χ1v) is 8.27. The molecule has 2 aliphatic rings. The van der Waals surface area contributed by atoms with Crippen molar-refractivity contribution in [1.29, 1.82) is 0 Å². The minimum atomic E-state index is -0.283. The van der Waals surface area contributed by atoms with Crippen LogP contribution >= 0.6 is 0 Å². The molecule has 116 valence electrons. The Morgan fingerprint density at radius 1 is 1.25 bits per heavy atom. The molecule has 20 heavy (non-hydrogen) atoms. The van der Waals surface area contributed by atoms with E-state index in [0.717, 1.165) is 32.2 Å². The van der Waals surface area contributed by atoms with Gasteiger partial charge in [0.25, 0.3) is 5.91 Å². The average molecular weight is 282 g/mol. The van der Waals surface area contributed by atoms with Gasteiger partial charge < -0.3 is 14.5 Å². The Morgan fingerprint density at radius 3 is 2.60 bits per heavy atom. The van der Waals surface area contributed by atoms with Crippen LogP contribution in [0.4, 0.5) is 0 Å². The van der Waals surface area contributed by atoms with E-state index in [4.69, 9.17) is 4.74 Å². The Kier molecular flexibility index (Phi) is 5.85. The number of amides is 1. The normalized spacial score (nSPS) is 29.1. The lowest BCUT2D eigenvalue weighted by molar-refractivity contribution is -0.144. The molecular formula is C16H30N2O2. The molecular weight excluding hydrogens is 252 g/mol. The second kappa shape index (κ2) is 7.41. The fourth-order valence-electron chi connectivity index (χ4n) is 3.60. The van der Waals surface area contributed by atoms with Crippen molar-refractivity contribution in [2.75, 3.05) is 26.7 Å². The van der Waals surface area contributed by atoms with Gasteiger partial charge in [-0.3, -0.25) is 4.79 Å². The monoisotopic (exact) mass is 282 g/mol. The summed E-state index contributed by atoms with van der Waals surface area (Å²) in [4.78, 5) is 17.1. The van der Waals surface area contributed by atoms with Gasteiger partial charge in [0, 0.05) is 25.2 Å². The molecule has 3 unspecified atom stereocenters. The zero-order valence-corrected chi connectivity index (χ0v) is 13.3. The number of hydrogen-bond donors (Lipinski definition) is 0. The van der Waals surface area contributed by atoms with E-state index < -0.39 is 0 Å². The van der Waals surface area contributed by atoms with Gasteiger partial charge in [0.15, 0.2) is 0 Å². The lowest BCUT2D eigenvalue weighted by atomic mass is 10.0. The molecule has 0 aromatic rings. The third-order valence-electron chi connectivity index (χ3n) is 4.82. The van der Waals surface area contributed by atoms with Crippen LogP contribution in [-0.2, 0) is 9.53 Å². The molecule has 2 fully saturated rings. The van der Waals surface area contributed by atoms with Crippen LogP contribution in [0.1, 0.15) is 52.4 Å². The van der Waals surface area contributed by atoms with Crippen molar-refractivity contribution in [2.45, 2.75) is 70.6 Å². The fourth-order valence-corrected chi connectivity index (χ4v) is 3.60. The fraction of sp³-hybridized carbons (Fsp3) is 0.938. The third kappa shape index (κ3) is 3.53. The Hall–Kier alpha value is -0.610. The zero-order valence-electron chi connectivity index (χ0n) is 13.3. The molecule has 0 saturated carbocycles. The highest BCUT2D eigenvalue weighted by Crippen LogP contribution is 2.29. The van der Waals surface area contributed by atoms with Gasteiger partial charge in [-0.05, 0) is 52.6 Å². The highest BCUT2D eigenvalue weighted by Gasteiger charge is 2.39. The van der Waals surface area contributed by atoms with E-state index in [1.54, 1.807) is 0 Å². The molecule has 0 spiro atoms. The lowest BCUT2D eigenvalue weighted by Crippen LogP contribution is -2.50. The third-order valence-corrected chi connectivity index (χ3v) is 4.82. The summed E-state index contributed by atoms with van der Waals surface area (Å²) in [6.07, 6.45) is 6.66. The maximum absolute atomic E-state index is 12.6. The number of carbonyl (C=O) groups is 1. The number of likely N-dealkylation sites (N-methyl/N-ethyl adjacent to an activating group) is 1. The summed E-state index contributed by atoms with van der Waals surface area (Å²) < 4.78 is 5.69. The number of hydrogen-bond acceptors (Lipinski definition) is 3. The van der Waals surface area contributed by atoms with Gasteiger partial charge in [0.05, 0.1) is 0 Å². The Labute approximate surface area is 123 Å². The van der Waals surface area contributed by atoms with Crippen molar-refractivity contribution in [3.8, 4) is 0 Å².